The van der Waals surface area contributed by atoms with Crippen LogP contribution in [0, 0.1) is 18.3 Å². The van der Waals surface area contributed by atoms with E-state index in [0.717, 1.165) is 11.1 Å². The van der Waals surface area contributed by atoms with Gasteiger partial charge in [-0.15, -0.1) is 0 Å². The summed E-state index contributed by atoms with van der Waals surface area (Å²) in [7, 11) is 0. The summed E-state index contributed by atoms with van der Waals surface area (Å²) in [5.41, 5.74) is 3.09. The number of hydrogen-bond acceptors (Lipinski definition) is 3. The minimum Gasteiger partial charge on any atom is -0.478 e. The Kier molecular flexibility index (Phi) is 4.92. The third kappa shape index (κ3) is 3.69. The molecule has 0 fully saturated rings. The van der Waals surface area contributed by atoms with Crippen molar-refractivity contribution in [3.05, 3.63) is 82.1 Å². The van der Waals surface area contributed by atoms with Crippen molar-refractivity contribution in [1.29, 1.82) is 5.26 Å². The number of hydrogen-bond donors (Lipinski definition) is 1. The Morgan fingerprint density at radius 3 is 2.46 bits per heavy atom. The summed E-state index contributed by atoms with van der Waals surface area (Å²) in [6.45, 7) is 1.97. The number of carbonyl (C=O) groups is 1. The number of rotatable bonds is 4. The Morgan fingerprint density at radius 2 is 1.81 bits per heavy atom. The Labute approximate surface area is 155 Å². The summed E-state index contributed by atoms with van der Waals surface area (Å²) < 4.78 is 5.84. The second-order valence-corrected chi connectivity index (χ2v) is 6.15. The number of aryl methyl sites for hydroxylation is 1. The second-order valence-electron chi connectivity index (χ2n) is 5.71. The fraction of sp³-hybridized carbons (Fsp3) is 0.0476. The van der Waals surface area contributed by atoms with E-state index < -0.39 is 5.97 Å². The van der Waals surface area contributed by atoms with Gasteiger partial charge in [0.25, 0.3) is 0 Å². The molecule has 0 bridgehead atoms. The number of nitriles is 1. The van der Waals surface area contributed by atoms with Crippen molar-refractivity contribution in [2.75, 3.05) is 0 Å². The van der Waals surface area contributed by atoms with E-state index in [1.807, 2.05) is 31.2 Å². The normalized spacial score (nSPS) is 11.2. The number of allylic oxidation sites excluding steroid dienone is 1. The van der Waals surface area contributed by atoms with Gasteiger partial charge in [-0.3, -0.25) is 0 Å². The molecule has 0 spiro atoms. The topological polar surface area (TPSA) is 74.2 Å². The molecule has 0 unspecified atom stereocenters. The van der Waals surface area contributed by atoms with E-state index in [1.54, 1.807) is 24.3 Å². The molecule has 0 aliphatic carbocycles. The Hall–Kier alpha value is -3.29. The van der Waals surface area contributed by atoms with Gasteiger partial charge in [-0.05, 0) is 60.5 Å². The molecule has 26 heavy (non-hydrogen) atoms. The first-order valence-corrected chi connectivity index (χ1v) is 8.17. The van der Waals surface area contributed by atoms with E-state index in [2.05, 4.69) is 6.07 Å². The molecule has 5 heteroatoms. The highest BCUT2D eigenvalue weighted by Crippen LogP contribution is 2.29. The zero-order chi connectivity index (χ0) is 18.7. The van der Waals surface area contributed by atoms with Gasteiger partial charge < -0.3 is 9.52 Å². The van der Waals surface area contributed by atoms with E-state index in [0.29, 0.717) is 27.7 Å². The number of benzene rings is 2. The van der Waals surface area contributed by atoms with Crippen LogP contribution < -0.4 is 0 Å². The van der Waals surface area contributed by atoms with E-state index in [1.165, 1.54) is 12.1 Å². The largest absolute Gasteiger partial charge is 0.478 e. The highest BCUT2D eigenvalue weighted by Gasteiger charge is 2.10. The maximum atomic E-state index is 10.9. The molecule has 0 amide bonds. The first-order valence-electron chi connectivity index (χ1n) is 7.80. The van der Waals surface area contributed by atoms with Crippen LogP contribution in [0.4, 0.5) is 0 Å². The number of carboxylic acids is 1. The van der Waals surface area contributed by atoms with E-state index in [-0.39, 0.29) is 5.56 Å². The van der Waals surface area contributed by atoms with Crippen LogP contribution in [-0.2, 0) is 0 Å². The average Bonchev–Trinajstić information content (AvgIpc) is 3.10. The maximum Gasteiger partial charge on any atom is 0.335 e. The lowest BCUT2D eigenvalue weighted by molar-refractivity contribution is 0.0697. The molecule has 4 nitrogen and oxygen atoms in total. The van der Waals surface area contributed by atoms with Gasteiger partial charge in [0, 0.05) is 10.6 Å². The van der Waals surface area contributed by atoms with Crippen LogP contribution in [-0.4, -0.2) is 11.1 Å². The van der Waals surface area contributed by atoms with Crippen molar-refractivity contribution in [2.45, 2.75) is 6.92 Å². The standard InChI is InChI=1S/C21H14ClNO3/c1-13-2-7-17(22)11-19(13)20-9-8-18(26-20)10-16(12-23)14-3-5-15(6-4-14)21(24)25/h2-11H,1H3,(H,24,25). The quantitative estimate of drug-likeness (QED) is 0.606. The molecule has 1 aromatic heterocycles. The number of furan rings is 1. The Bertz CT molecular complexity index is 1040. The molecule has 0 aliphatic rings. The number of carboxylic acid groups (broad SMARTS) is 1. The van der Waals surface area contributed by atoms with Gasteiger partial charge >= 0.3 is 5.97 Å². The lowest BCUT2D eigenvalue weighted by Crippen LogP contribution is -1.95. The van der Waals surface area contributed by atoms with Crippen molar-refractivity contribution in [3.63, 3.8) is 0 Å². The first-order chi connectivity index (χ1) is 12.5. The molecule has 3 aromatic rings. The monoisotopic (exact) mass is 363 g/mol. The molecule has 128 valence electrons. The van der Waals surface area contributed by atoms with Gasteiger partial charge in [0.2, 0.25) is 0 Å². The third-order valence-corrected chi connectivity index (χ3v) is 4.18. The molecule has 0 radical (unpaired) electrons. The average molecular weight is 364 g/mol. The third-order valence-electron chi connectivity index (χ3n) is 3.94. The fourth-order valence-corrected chi connectivity index (χ4v) is 2.72. The minimum atomic E-state index is -1.01. The number of halogens is 1. The zero-order valence-electron chi connectivity index (χ0n) is 13.9. The van der Waals surface area contributed by atoms with Gasteiger partial charge in [0.05, 0.1) is 17.2 Å². The summed E-state index contributed by atoms with van der Waals surface area (Å²) in [4.78, 5) is 10.9. The van der Waals surface area contributed by atoms with Crippen LogP contribution in [0.2, 0.25) is 5.02 Å². The maximum absolute atomic E-state index is 10.9. The minimum absolute atomic E-state index is 0.169. The summed E-state index contributed by atoms with van der Waals surface area (Å²) in [5, 5.41) is 19.0. The smallest absolute Gasteiger partial charge is 0.335 e. The lowest BCUT2D eigenvalue weighted by Gasteiger charge is -2.03. The van der Waals surface area contributed by atoms with Crippen LogP contribution in [0.1, 0.15) is 27.2 Å². The van der Waals surface area contributed by atoms with Crippen molar-refractivity contribution in [3.8, 4) is 17.4 Å². The Balaban J connectivity index is 1.94. The summed E-state index contributed by atoms with van der Waals surface area (Å²) in [6, 6.07) is 17.4. The molecule has 1 N–H and O–H groups in total. The predicted octanol–water partition coefficient (Wildman–Crippen LogP) is 5.67. The number of nitrogens with zero attached hydrogens (tertiary/aromatic N) is 1. The van der Waals surface area contributed by atoms with Gasteiger partial charge in [0.15, 0.2) is 0 Å². The van der Waals surface area contributed by atoms with Crippen molar-refractivity contribution in [2.24, 2.45) is 0 Å². The molecular weight excluding hydrogens is 350 g/mol. The molecule has 0 saturated carbocycles. The summed E-state index contributed by atoms with van der Waals surface area (Å²) in [6.07, 6.45) is 1.62. The Morgan fingerprint density at radius 1 is 1.12 bits per heavy atom. The molecule has 0 saturated heterocycles. The van der Waals surface area contributed by atoms with Crippen molar-refractivity contribution in [1.82, 2.24) is 0 Å². The molecule has 1 heterocycles. The molecule has 0 atom stereocenters. The molecule has 0 aliphatic heterocycles. The van der Waals surface area contributed by atoms with E-state index in [9.17, 15) is 10.1 Å². The summed E-state index contributed by atoms with van der Waals surface area (Å²) >= 11 is 6.06. The SMILES string of the molecule is Cc1ccc(Cl)cc1-c1ccc(C=C(C#N)c2ccc(C(=O)O)cc2)o1. The van der Waals surface area contributed by atoms with E-state index >= 15 is 0 Å². The van der Waals surface area contributed by atoms with Crippen LogP contribution in [0.5, 0.6) is 0 Å². The lowest BCUT2D eigenvalue weighted by atomic mass is 10.0. The van der Waals surface area contributed by atoms with Gasteiger partial charge in [0.1, 0.15) is 11.5 Å². The van der Waals surface area contributed by atoms with Crippen LogP contribution in [0.3, 0.4) is 0 Å². The van der Waals surface area contributed by atoms with Gasteiger partial charge in [-0.25, -0.2) is 4.79 Å². The highest BCUT2D eigenvalue weighted by molar-refractivity contribution is 6.30. The van der Waals surface area contributed by atoms with Crippen LogP contribution in [0.15, 0.2) is 59.0 Å². The highest BCUT2D eigenvalue weighted by atomic mass is 35.5. The van der Waals surface area contributed by atoms with Crippen molar-refractivity contribution >= 4 is 29.2 Å². The fourth-order valence-electron chi connectivity index (χ4n) is 2.55. The molecular formula is C21H14ClNO3. The molecule has 2 aromatic carbocycles. The van der Waals surface area contributed by atoms with Crippen molar-refractivity contribution < 1.29 is 14.3 Å². The molecule has 3 rings (SSSR count). The van der Waals surface area contributed by atoms with E-state index in [4.69, 9.17) is 21.1 Å². The first kappa shape index (κ1) is 17.5. The van der Waals surface area contributed by atoms with Crippen LogP contribution in [0.25, 0.3) is 23.0 Å². The second kappa shape index (κ2) is 7.30. The zero-order valence-corrected chi connectivity index (χ0v) is 14.6. The predicted molar refractivity (Wildman–Crippen MR) is 101 cm³/mol. The van der Waals surface area contributed by atoms with Gasteiger partial charge in [-0.2, -0.15) is 5.26 Å². The number of aromatic carboxylic acids is 1. The van der Waals surface area contributed by atoms with Crippen LogP contribution >= 0.6 is 11.6 Å². The van der Waals surface area contributed by atoms with Gasteiger partial charge in [-0.1, -0.05) is 29.8 Å². The summed E-state index contributed by atoms with van der Waals surface area (Å²) in [5.74, 6) is 0.180.